The average Bonchev–Trinajstić information content (AvgIpc) is 3.19. The van der Waals surface area contributed by atoms with Gasteiger partial charge in [0.05, 0.1) is 6.33 Å². The molecule has 0 spiro atoms. The third-order valence-corrected chi connectivity index (χ3v) is 6.19. The molecule has 1 aliphatic rings. The summed E-state index contributed by atoms with van der Waals surface area (Å²) in [5.41, 5.74) is 3.91. The number of carbonyl (C=O) groups is 1. The Labute approximate surface area is 189 Å². The lowest BCUT2D eigenvalue weighted by atomic mass is 9.84. The lowest BCUT2D eigenvalue weighted by Gasteiger charge is -2.22. The minimum absolute atomic E-state index is 0.167. The first-order chi connectivity index (χ1) is 15.5. The van der Waals surface area contributed by atoms with Crippen LogP contribution in [0.2, 0.25) is 0 Å². The lowest BCUT2D eigenvalue weighted by Crippen LogP contribution is -2.13. The predicted molar refractivity (Wildman–Crippen MR) is 126 cm³/mol. The van der Waals surface area contributed by atoms with Gasteiger partial charge in [-0.3, -0.25) is 4.79 Å². The SMILES string of the molecule is CC(C)CNc1nc(CCc2ccc(C3CCCCC3)cc2)nc2c1ncn2CC(=O)O. The van der Waals surface area contributed by atoms with Crippen molar-refractivity contribution in [1.29, 1.82) is 0 Å². The van der Waals surface area contributed by atoms with Crippen molar-refractivity contribution in [2.45, 2.75) is 71.3 Å². The van der Waals surface area contributed by atoms with Crippen molar-refractivity contribution in [3.63, 3.8) is 0 Å². The highest BCUT2D eigenvalue weighted by Gasteiger charge is 2.17. The van der Waals surface area contributed by atoms with Crippen molar-refractivity contribution in [1.82, 2.24) is 19.5 Å². The molecule has 0 bridgehead atoms. The van der Waals surface area contributed by atoms with Gasteiger partial charge in [0.2, 0.25) is 0 Å². The van der Waals surface area contributed by atoms with Gasteiger partial charge in [0.15, 0.2) is 11.5 Å². The van der Waals surface area contributed by atoms with Gasteiger partial charge < -0.3 is 15.0 Å². The van der Waals surface area contributed by atoms with Crippen molar-refractivity contribution in [3.05, 3.63) is 47.5 Å². The van der Waals surface area contributed by atoms with Crippen LogP contribution in [0.4, 0.5) is 5.82 Å². The molecule has 2 N–H and O–H groups in total. The Morgan fingerprint density at radius 2 is 1.88 bits per heavy atom. The summed E-state index contributed by atoms with van der Waals surface area (Å²) in [6, 6.07) is 9.03. The molecule has 1 saturated carbocycles. The molecule has 1 fully saturated rings. The van der Waals surface area contributed by atoms with Crippen LogP contribution in [-0.4, -0.2) is 37.1 Å². The first-order valence-electron chi connectivity index (χ1n) is 11.8. The highest BCUT2D eigenvalue weighted by Crippen LogP contribution is 2.32. The highest BCUT2D eigenvalue weighted by atomic mass is 16.4. The normalized spacial score (nSPS) is 14.8. The van der Waals surface area contributed by atoms with Gasteiger partial charge in [0, 0.05) is 13.0 Å². The number of nitrogens with zero attached hydrogens (tertiary/aromatic N) is 4. The van der Waals surface area contributed by atoms with Crippen LogP contribution in [0.3, 0.4) is 0 Å². The summed E-state index contributed by atoms with van der Waals surface area (Å²) < 4.78 is 1.57. The molecule has 0 unspecified atom stereocenters. The molecule has 4 rings (SSSR count). The predicted octanol–water partition coefficient (Wildman–Crippen LogP) is 4.81. The van der Waals surface area contributed by atoms with E-state index < -0.39 is 5.97 Å². The Morgan fingerprint density at radius 3 is 2.56 bits per heavy atom. The number of aromatic nitrogens is 4. The number of aryl methyl sites for hydroxylation is 2. The van der Waals surface area contributed by atoms with Crippen molar-refractivity contribution < 1.29 is 9.90 Å². The van der Waals surface area contributed by atoms with Gasteiger partial charge in [-0.2, -0.15) is 0 Å². The quantitative estimate of drug-likeness (QED) is 0.501. The summed E-state index contributed by atoms with van der Waals surface area (Å²) in [6.07, 6.45) is 9.74. The number of carboxylic acid groups (broad SMARTS) is 1. The van der Waals surface area contributed by atoms with E-state index in [2.05, 4.69) is 53.4 Å². The number of fused-ring (bicyclic) bond motifs is 1. The molecule has 0 amide bonds. The van der Waals surface area contributed by atoms with Crippen LogP contribution in [0.15, 0.2) is 30.6 Å². The number of benzene rings is 1. The maximum atomic E-state index is 11.2. The molecule has 1 aliphatic carbocycles. The van der Waals surface area contributed by atoms with Gasteiger partial charge >= 0.3 is 5.97 Å². The van der Waals surface area contributed by atoms with Gasteiger partial charge in [0.25, 0.3) is 0 Å². The fourth-order valence-electron chi connectivity index (χ4n) is 4.44. The van der Waals surface area contributed by atoms with Crippen LogP contribution in [-0.2, 0) is 24.2 Å². The molecule has 32 heavy (non-hydrogen) atoms. The summed E-state index contributed by atoms with van der Waals surface area (Å²) in [7, 11) is 0. The molecule has 1 aromatic carbocycles. The van der Waals surface area contributed by atoms with Gasteiger partial charge in [-0.15, -0.1) is 0 Å². The average molecular weight is 436 g/mol. The van der Waals surface area contributed by atoms with Crippen LogP contribution in [0.5, 0.6) is 0 Å². The summed E-state index contributed by atoms with van der Waals surface area (Å²) in [5.74, 6) is 1.63. The molecule has 2 heterocycles. The van der Waals surface area contributed by atoms with E-state index in [9.17, 15) is 9.90 Å². The molecule has 0 radical (unpaired) electrons. The number of imidazole rings is 1. The maximum absolute atomic E-state index is 11.2. The van der Waals surface area contributed by atoms with Crippen LogP contribution < -0.4 is 5.32 Å². The molecule has 0 aliphatic heterocycles. The third-order valence-electron chi connectivity index (χ3n) is 6.19. The van der Waals surface area contributed by atoms with Crippen molar-refractivity contribution >= 4 is 23.0 Å². The van der Waals surface area contributed by atoms with Gasteiger partial charge in [-0.25, -0.2) is 15.0 Å². The van der Waals surface area contributed by atoms with Crippen LogP contribution >= 0.6 is 0 Å². The molecule has 2 aromatic heterocycles. The van der Waals surface area contributed by atoms with Gasteiger partial charge in [-0.05, 0) is 42.2 Å². The van der Waals surface area contributed by atoms with Gasteiger partial charge in [0.1, 0.15) is 17.9 Å². The monoisotopic (exact) mass is 435 g/mol. The van der Waals surface area contributed by atoms with Crippen LogP contribution in [0, 0.1) is 5.92 Å². The smallest absolute Gasteiger partial charge is 0.323 e. The zero-order chi connectivity index (χ0) is 22.5. The Kier molecular flexibility index (Phi) is 7.02. The minimum Gasteiger partial charge on any atom is -0.480 e. The summed E-state index contributed by atoms with van der Waals surface area (Å²) in [5, 5.41) is 12.6. The van der Waals surface area contributed by atoms with Crippen molar-refractivity contribution in [2.24, 2.45) is 5.92 Å². The topological polar surface area (TPSA) is 92.9 Å². The van der Waals surface area contributed by atoms with E-state index in [0.717, 1.165) is 13.0 Å². The van der Waals surface area contributed by atoms with E-state index in [4.69, 9.17) is 4.98 Å². The fraction of sp³-hybridized carbons (Fsp3) is 0.520. The van der Waals surface area contributed by atoms with Gasteiger partial charge in [-0.1, -0.05) is 57.4 Å². The number of rotatable bonds is 9. The second-order valence-corrected chi connectivity index (χ2v) is 9.28. The molecule has 7 heteroatoms. The van der Waals surface area contributed by atoms with Crippen molar-refractivity contribution in [3.8, 4) is 0 Å². The standard InChI is InChI=1S/C25H33N5O2/c1-17(2)14-26-24-23-25(30(16-27-23)15-22(31)32)29-21(28-24)13-10-18-8-11-20(12-9-18)19-6-4-3-5-7-19/h8-9,11-12,16-17,19H,3-7,10,13-15H2,1-2H3,(H,31,32)(H,26,28,29). The lowest BCUT2D eigenvalue weighted by molar-refractivity contribution is -0.137. The second-order valence-electron chi connectivity index (χ2n) is 9.28. The first kappa shape index (κ1) is 22.2. The summed E-state index contributed by atoms with van der Waals surface area (Å²) >= 11 is 0. The molecular weight excluding hydrogens is 402 g/mol. The number of hydrogen-bond donors (Lipinski definition) is 2. The van der Waals surface area contributed by atoms with E-state index in [1.165, 1.54) is 49.6 Å². The zero-order valence-electron chi connectivity index (χ0n) is 19.0. The van der Waals surface area contributed by atoms with E-state index >= 15 is 0 Å². The third kappa shape index (κ3) is 5.44. The Morgan fingerprint density at radius 1 is 1.12 bits per heavy atom. The minimum atomic E-state index is -0.917. The number of anilines is 1. The molecule has 0 atom stereocenters. The number of hydrogen-bond acceptors (Lipinski definition) is 5. The Bertz CT molecular complexity index is 1050. The zero-order valence-corrected chi connectivity index (χ0v) is 19.0. The number of aliphatic carboxylic acids is 1. The number of carboxylic acids is 1. The second kappa shape index (κ2) is 10.1. The molecule has 0 saturated heterocycles. The largest absolute Gasteiger partial charge is 0.480 e. The van der Waals surface area contributed by atoms with Crippen LogP contribution in [0.1, 0.15) is 68.8 Å². The molecule has 3 aromatic rings. The Hall–Kier alpha value is -2.96. The first-order valence-corrected chi connectivity index (χ1v) is 11.8. The maximum Gasteiger partial charge on any atom is 0.323 e. The van der Waals surface area contributed by atoms with E-state index in [-0.39, 0.29) is 6.54 Å². The van der Waals surface area contributed by atoms with E-state index in [1.54, 1.807) is 4.57 Å². The molecule has 170 valence electrons. The summed E-state index contributed by atoms with van der Waals surface area (Å²) in [6.45, 7) is 4.86. The van der Waals surface area contributed by atoms with E-state index in [1.807, 2.05) is 0 Å². The van der Waals surface area contributed by atoms with Crippen molar-refractivity contribution in [2.75, 3.05) is 11.9 Å². The number of nitrogens with one attached hydrogen (secondary N) is 1. The molecular formula is C25H33N5O2. The summed E-state index contributed by atoms with van der Waals surface area (Å²) in [4.78, 5) is 25.0. The van der Waals surface area contributed by atoms with E-state index in [0.29, 0.717) is 41.1 Å². The Balaban J connectivity index is 1.51. The molecule has 7 nitrogen and oxygen atoms in total. The van der Waals surface area contributed by atoms with Crippen LogP contribution in [0.25, 0.3) is 11.2 Å². The fourth-order valence-corrected chi connectivity index (χ4v) is 4.44. The highest BCUT2D eigenvalue weighted by molar-refractivity contribution is 5.84.